The van der Waals surface area contributed by atoms with E-state index in [-0.39, 0.29) is 5.91 Å². The Balaban J connectivity index is 1.50. The van der Waals surface area contributed by atoms with Crippen LogP contribution in [-0.4, -0.2) is 64.6 Å². The molecule has 4 nitrogen and oxygen atoms in total. The standard InChI is InChI=1S/C19H28N2O2S/c1-24(23)13-12-20-8-10-21(11-9-20)19(22)15-16-6-7-17-4-2-3-5-18(17)14-16/h6-7,14H,2-5,8-13,15H2,1H3/t24-/m1/s1. The summed E-state index contributed by atoms with van der Waals surface area (Å²) in [5.41, 5.74) is 4.08. The number of carbonyl (C=O) groups is 1. The first-order valence-corrected chi connectivity index (χ1v) is 10.8. The quantitative estimate of drug-likeness (QED) is 0.812. The molecule has 3 rings (SSSR count). The van der Waals surface area contributed by atoms with Gasteiger partial charge >= 0.3 is 0 Å². The number of hydrogen-bond acceptors (Lipinski definition) is 3. The Labute approximate surface area is 147 Å². The second kappa shape index (κ2) is 8.26. The molecule has 0 spiro atoms. The van der Waals surface area contributed by atoms with Crippen molar-refractivity contribution in [2.24, 2.45) is 0 Å². The Morgan fingerprint density at radius 3 is 2.50 bits per heavy atom. The highest BCUT2D eigenvalue weighted by Crippen LogP contribution is 2.22. The zero-order valence-electron chi connectivity index (χ0n) is 14.6. The number of nitrogens with zero attached hydrogens (tertiary/aromatic N) is 2. The molecule has 24 heavy (non-hydrogen) atoms. The Hall–Kier alpha value is -1.20. The minimum Gasteiger partial charge on any atom is -0.340 e. The Bertz CT molecular complexity index is 609. The normalized spacial score (nSPS) is 19.8. The van der Waals surface area contributed by atoms with Gasteiger partial charge in [-0.1, -0.05) is 18.2 Å². The van der Waals surface area contributed by atoms with Crippen LogP contribution < -0.4 is 0 Å². The number of carbonyl (C=O) groups excluding carboxylic acids is 1. The zero-order valence-corrected chi connectivity index (χ0v) is 15.4. The predicted octanol–water partition coefficient (Wildman–Crippen LogP) is 1.63. The first kappa shape index (κ1) is 17.6. The molecule has 0 N–H and O–H groups in total. The van der Waals surface area contributed by atoms with E-state index in [1.165, 1.54) is 30.4 Å². The van der Waals surface area contributed by atoms with Crippen molar-refractivity contribution in [2.45, 2.75) is 32.1 Å². The van der Waals surface area contributed by atoms with Crippen LogP contribution in [0.5, 0.6) is 0 Å². The molecule has 0 saturated carbocycles. The van der Waals surface area contributed by atoms with E-state index in [2.05, 4.69) is 23.1 Å². The summed E-state index contributed by atoms with van der Waals surface area (Å²) in [5.74, 6) is 0.966. The minimum absolute atomic E-state index is 0.240. The summed E-state index contributed by atoms with van der Waals surface area (Å²) in [4.78, 5) is 16.9. The molecule has 1 aromatic rings. The molecule has 1 aliphatic heterocycles. The van der Waals surface area contributed by atoms with Gasteiger partial charge in [-0.2, -0.15) is 0 Å². The van der Waals surface area contributed by atoms with Gasteiger partial charge in [0.15, 0.2) is 0 Å². The number of hydrogen-bond donors (Lipinski definition) is 0. The van der Waals surface area contributed by atoms with Gasteiger partial charge in [-0.05, 0) is 42.4 Å². The van der Waals surface area contributed by atoms with Crippen LogP contribution >= 0.6 is 0 Å². The van der Waals surface area contributed by atoms with E-state index in [1.807, 2.05) is 4.90 Å². The Morgan fingerprint density at radius 2 is 1.79 bits per heavy atom. The van der Waals surface area contributed by atoms with Crippen LogP contribution in [0.3, 0.4) is 0 Å². The number of fused-ring (bicyclic) bond motifs is 1. The molecule has 1 amide bonds. The summed E-state index contributed by atoms with van der Waals surface area (Å²) < 4.78 is 11.2. The minimum atomic E-state index is -0.735. The number of aryl methyl sites for hydroxylation is 2. The maximum atomic E-state index is 12.6. The van der Waals surface area contributed by atoms with Crippen LogP contribution in [0.25, 0.3) is 0 Å². The summed E-state index contributed by atoms with van der Waals surface area (Å²) in [6.07, 6.45) is 7.18. The van der Waals surface area contributed by atoms with E-state index in [0.717, 1.165) is 50.5 Å². The van der Waals surface area contributed by atoms with Crippen molar-refractivity contribution in [2.75, 3.05) is 44.7 Å². The molecule has 1 aromatic carbocycles. The van der Waals surface area contributed by atoms with Gasteiger partial charge in [-0.15, -0.1) is 0 Å². The average molecular weight is 349 g/mol. The van der Waals surface area contributed by atoms with Gasteiger partial charge in [0.1, 0.15) is 0 Å². The summed E-state index contributed by atoms with van der Waals surface area (Å²) in [7, 11) is -0.735. The first-order valence-electron chi connectivity index (χ1n) is 9.02. The summed E-state index contributed by atoms with van der Waals surface area (Å²) in [6, 6.07) is 6.61. The van der Waals surface area contributed by atoms with Crippen molar-refractivity contribution in [1.82, 2.24) is 9.80 Å². The van der Waals surface area contributed by atoms with E-state index >= 15 is 0 Å². The summed E-state index contributed by atoms with van der Waals surface area (Å²) in [5, 5.41) is 0. The van der Waals surface area contributed by atoms with Gasteiger partial charge < -0.3 is 4.90 Å². The molecule has 1 aliphatic carbocycles. The van der Waals surface area contributed by atoms with E-state index < -0.39 is 10.8 Å². The van der Waals surface area contributed by atoms with Crippen LogP contribution in [0.1, 0.15) is 29.5 Å². The fourth-order valence-electron chi connectivity index (χ4n) is 3.66. The summed E-state index contributed by atoms with van der Waals surface area (Å²) >= 11 is 0. The molecule has 0 unspecified atom stereocenters. The van der Waals surface area contributed by atoms with Gasteiger partial charge in [0, 0.05) is 55.5 Å². The smallest absolute Gasteiger partial charge is 0.227 e. The molecule has 1 fully saturated rings. The van der Waals surface area contributed by atoms with Crippen molar-refractivity contribution >= 4 is 16.7 Å². The second-order valence-corrected chi connectivity index (χ2v) is 8.54. The van der Waals surface area contributed by atoms with Crippen molar-refractivity contribution in [3.63, 3.8) is 0 Å². The van der Waals surface area contributed by atoms with E-state index in [1.54, 1.807) is 6.26 Å². The maximum Gasteiger partial charge on any atom is 0.227 e. The number of piperazine rings is 1. The monoisotopic (exact) mass is 348 g/mol. The zero-order chi connectivity index (χ0) is 16.9. The van der Waals surface area contributed by atoms with Crippen molar-refractivity contribution < 1.29 is 9.00 Å². The van der Waals surface area contributed by atoms with Crippen LogP contribution in [-0.2, 0) is 34.9 Å². The molecule has 1 heterocycles. The van der Waals surface area contributed by atoms with Crippen molar-refractivity contribution in [1.29, 1.82) is 0 Å². The molecular weight excluding hydrogens is 320 g/mol. The first-order chi connectivity index (χ1) is 11.6. The van der Waals surface area contributed by atoms with Crippen molar-refractivity contribution in [3.05, 3.63) is 34.9 Å². The van der Waals surface area contributed by atoms with Crippen LogP contribution in [0, 0.1) is 0 Å². The fourth-order valence-corrected chi connectivity index (χ4v) is 4.18. The lowest BCUT2D eigenvalue weighted by Gasteiger charge is -2.34. The summed E-state index contributed by atoms with van der Waals surface area (Å²) in [6.45, 7) is 4.25. The van der Waals surface area contributed by atoms with E-state index in [9.17, 15) is 9.00 Å². The molecule has 0 radical (unpaired) electrons. The maximum absolute atomic E-state index is 12.6. The van der Waals surface area contributed by atoms with Crippen LogP contribution in [0.15, 0.2) is 18.2 Å². The number of benzene rings is 1. The van der Waals surface area contributed by atoms with Gasteiger partial charge in [0.05, 0.1) is 6.42 Å². The third-order valence-corrected chi connectivity index (χ3v) is 5.95. The highest BCUT2D eigenvalue weighted by atomic mass is 32.2. The molecule has 5 heteroatoms. The number of amides is 1. The molecular formula is C19H28N2O2S. The Kier molecular flexibility index (Phi) is 6.06. The lowest BCUT2D eigenvalue weighted by molar-refractivity contribution is -0.132. The molecule has 1 atom stereocenters. The fraction of sp³-hybridized carbons (Fsp3) is 0.632. The third-order valence-electron chi connectivity index (χ3n) is 5.19. The Morgan fingerprint density at radius 1 is 1.08 bits per heavy atom. The van der Waals surface area contributed by atoms with Gasteiger partial charge in [0.25, 0.3) is 0 Å². The average Bonchev–Trinajstić information content (AvgIpc) is 2.60. The highest BCUT2D eigenvalue weighted by Gasteiger charge is 2.21. The van der Waals surface area contributed by atoms with Crippen LogP contribution in [0.4, 0.5) is 0 Å². The second-order valence-electron chi connectivity index (χ2n) is 6.99. The largest absolute Gasteiger partial charge is 0.340 e. The lowest BCUT2D eigenvalue weighted by atomic mass is 9.90. The highest BCUT2D eigenvalue weighted by molar-refractivity contribution is 7.84. The molecule has 0 bridgehead atoms. The van der Waals surface area contributed by atoms with Gasteiger partial charge in [-0.3, -0.25) is 13.9 Å². The van der Waals surface area contributed by atoms with Crippen molar-refractivity contribution in [3.8, 4) is 0 Å². The molecule has 1 saturated heterocycles. The van der Waals surface area contributed by atoms with Gasteiger partial charge in [0.2, 0.25) is 5.91 Å². The lowest BCUT2D eigenvalue weighted by Crippen LogP contribution is -2.49. The van der Waals surface area contributed by atoms with E-state index in [0.29, 0.717) is 6.42 Å². The van der Waals surface area contributed by atoms with Gasteiger partial charge in [-0.25, -0.2) is 0 Å². The topological polar surface area (TPSA) is 40.6 Å². The molecule has 0 aromatic heterocycles. The molecule has 132 valence electrons. The SMILES string of the molecule is C[S@@](=O)CCN1CCN(C(=O)Cc2ccc3c(c2)CCCC3)CC1. The predicted molar refractivity (Wildman–Crippen MR) is 98.7 cm³/mol. The third kappa shape index (κ3) is 4.67. The van der Waals surface area contributed by atoms with E-state index in [4.69, 9.17) is 0 Å². The van der Waals surface area contributed by atoms with Crippen LogP contribution in [0.2, 0.25) is 0 Å². The molecule has 2 aliphatic rings. The number of rotatable bonds is 5.